The van der Waals surface area contributed by atoms with Crippen LogP contribution in [0, 0.1) is 0 Å². The molecule has 1 saturated heterocycles. The van der Waals surface area contributed by atoms with Crippen molar-refractivity contribution in [3.63, 3.8) is 0 Å². The minimum Gasteiger partial charge on any atom is -0.482 e. The minimum atomic E-state index is -1.11. The third-order valence-corrected chi connectivity index (χ3v) is 3.33. The third-order valence-electron chi connectivity index (χ3n) is 3.33. The first-order chi connectivity index (χ1) is 9.51. The van der Waals surface area contributed by atoms with Crippen LogP contribution in [0.1, 0.15) is 12.5 Å². The number of hydrogen-bond donors (Lipinski definition) is 3. The lowest BCUT2D eigenvalue weighted by Crippen LogP contribution is -2.53. The topological polar surface area (TPSA) is 94.9 Å². The van der Waals surface area contributed by atoms with Crippen LogP contribution in [0.2, 0.25) is 0 Å². The Balaban J connectivity index is 1.95. The molecule has 5 N–H and O–H groups in total. The fourth-order valence-electron chi connectivity index (χ4n) is 2.25. The molecule has 0 spiro atoms. The van der Waals surface area contributed by atoms with Crippen LogP contribution in [0.25, 0.3) is 0 Å². The molecule has 6 heteroatoms. The Morgan fingerprint density at radius 3 is 2.75 bits per heavy atom. The number of rotatable bonds is 3. The Morgan fingerprint density at radius 1 is 1.35 bits per heavy atom. The molecule has 1 atom stereocenters. The van der Waals surface area contributed by atoms with Crippen LogP contribution in [-0.4, -0.2) is 24.7 Å². The molecular weight excluding hydrogens is 256 g/mol. The molecule has 6 nitrogen and oxygen atoms in total. The summed E-state index contributed by atoms with van der Waals surface area (Å²) in [5.74, 6) is -0.0597. The summed E-state index contributed by atoms with van der Waals surface area (Å²) in [6.07, 6.45) is 3.35. The minimum absolute atomic E-state index is 0.313. The maximum Gasteiger partial charge on any atom is 0.214 e. The Bertz CT molecular complexity index is 580. The van der Waals surface area contributed by atoms with E-state index in [-0.39, 0.29) is 5.60 Å². The number of benzene rings is 1. The molecule has 1 unspecified atom stereocenters. The van der Waals surface area contributed by atoms with Gasteiger partial charge in [0.05, 0.1) is 18.8 Å². The Labute approximate surface area is 117 Å². The normalized spacial score (nSPS) is 27.2. The van der Waals surface area contributed by atoms with Gasteiger partial charge in [0.15, 0.2) is 5.60 Å². The molecule has 1 aromatic rings. The van der Waals surface area contributed by atoms with Gasteiger partial charge >= 0.3 is 0 Å². The van der Waals surface area contributed by atoms with E-state index in [0.29, 0.717) is 24.8 Å². The monoisotopic (exact) mass is 274 g/mol. The molecule has 0 radical (unpaired) electrons. The Hall–Kier alpha value is -2.05. The standard InChI is InChI=1S/C14H18N4O2/c1-13(8-19-9-13)20-11-5-3-2-4-10(11)14(16)17-7-6-12(15)18-14/h2-7,17H,8-9,16H2,1H3,(H2,15,18). The van der Waals surface area contributed by atoms with E-state index in [2.05, 4.69) is 10.3 Å². The fourth-order valence-corrected chi connectivity index (χ4v) is 2.25. The summed E-state index contributed by atoms with van der Waals surface area (Å²) in [7, 11) is 0. The third kappa shape index (κ3) is 2.23. The number of nitrogens with two attached hydrogens (primary N) is 2. The van der Waals surface area contributed by atoms with Crippen LogP contribution in [0.15, 0.2) is 41.5 Å². The number of hydrogen-bond acceptors (Lipinski definition) is 6. The van der Waals surface area contributed by atoms with Crippen LogP contribution in [0.4, 0.5) is 0 Å². The summed E-state index contributed by atoms with van der Waals surface area (Å²) in [6.45, 7) is 3.14. The second-order valence-electron chi connectivity index (χ2n) is 5.32. The SMILES string of the molecule is CC1(Oc2ccccc2C2(N)N=C(N)C=CN2)COC1. The van der Waals surface area contributed by atoms with Crippen molar-refractivity contribution in [3.8, 4) is 5.75 Å². The predicted molar refractivity (Wildman–Crippen MR) is 76.1 cm³/mol. The van der Waals surface area contributed by atoms with Gasteiger partial charge in [0.25, 0.3) is 0 Å². The molecule has 2 aliphatic rings. The van der Waals surface area contributed by atoms with Crippen molar-refractivity contribution in [3.05, 3.63) is 42.1 Å². The van der Waals surface area contributed by atoms with Gasteiger partial charge in [-0.05, 0) is 25.1 Å². The molecule has 3 rings (SSSR count). The molecule has 2 aliphatic heterocycles. The van der Waals surface area contributed by atoms with E-state index in [9.17, 15) is 0 Å². The van der Waals surface area contributed by atoms with Crippen molar-refractivity contribution in [2.75, 3.05) is 13.2 Å². The highest BCUT2D eigenvalue weighted by atomic mass is 16.6. The first-order valence-corrected chi connectivity index (χ1v) is 6.46. The highest BCUT2D eigenvalue weighted by Crippen LogP contribution is 2.33. The average Bonchev–Trinajstić information content (AvgIpc) is 2.37. The zero-order chi connectivity index (χ0) is 14.2. The fraction of sp³-hybridized carbons (Fsp3) is 0.357. The van der Waals surface area contributed by atoms with E-state index < -0.39 is 5.79 Å². The molecular formula is C14H18N4O2. The second kappa shape index (κ2) is 4.50. The molecule has 0 aromatic heterocycles. The quantitative estimate of drug-likeness (QED) is 0.741. The summed E-state index contributed by atoms with van der Waals surface area (Å²) in [5.41, 5.74) is 12.5. The molecule has 1 aromatic carbocycles. The van der Waals surface area contributed by atoms with E-state index in [0.717, 1.165) is 5.56 Å². The summed E-state index contributed by atoms with van der Waals surface area (Å²) in [6, 6.07) is 7.54. The number of nitrogens with zero attached hydrogens (tertiary/aromatic N) is 1. The van der Waals surface area contributed by atoms with E-state index in [1.54, 1.807) is 12.3 Å². The van der Waals surface area contributed by atoms with Crippen LogP contribution in [0.5, 0.6) is 5.75 Å². The van der Waals surface area contributed by atoms with Gasteiger partial charge in [0, 0.05) is 6.20 Å². The van der Waals surface area contributed by atoms with Crippen molar-refractivity contribution >= 4 is 5.84 Å². The van der Waals surface area contributed by atoms with Crippen LogP contribution in [-0.2, 0) is 10.5 Å². The molecule has 0 amide bonds. The van der Waals surface area contributed by atoms with E-state index in [1.165, 1.54) is 0 Å². The zero-order valence-electron chi connectivity index (χ0n) is 11.3. The van der Waals surface area contributed by atoms with Crippen LogP contribution in [0.3, 0.4) is 0 Å². The van der Waals surface area contributed by atoms with Gasteiger partial charge in [-0.1, -0.05) is 12.1 Å². The lowest BCUT2D eigenvalue weighted by Gasteiger charge is -2.40. The van der Waals surface area contributed by atoms with Gasteiger partial charge in [-0.25, -0.2) is 4.99 Å². The summed E-state index contributed by atoms with van der Waals surface area (Å²) in [5, 5.41) is 3.02. The molecule has 0 aliphatic carbocycles. The van der Waals surface area contributed by atoms with Gasteiger partial charge in [0.1, 0.15) is 11.6 Å². The van der Waals surface area contributed by atoms with Crippen molar-refractivity contribution in [2.24, 2.45) is 16.5 Å². The van der Waals surface area contributed by atoms with Gasteiger partial charge in [-0.2, -0.15) is 0 Å². The number of nitrogens with one attached hydrogen (secondary N) is 1. The highest BCUT2D eigenvalue weighted by Gasteiger charge is 2.38. The highest BCUT2D eigenvalue weighted by molar-refractivity contribution is 5.92. The van der Waals surface area contributed by atoms with E-state index >= 15 is 0 Å². The molecule has 0 bridgehead atoms. The summed E-state index contributed by atoms with van der Waals surface area (Å²) >= 11 is 0. The number of aliphatic imine (C=N–C) groups is 1. The van der Waals surface area contributed by atoms with Gasteiger partial charge in [-0.3, -0.25) is 5.73 Å². The average molecular weight is 274 g/mol. The van der Waals surface area contributed by atoms with E-state index in [4.69, 9.17) is 20.9 Å². The Kier molecular flexibility index (Phi) is 2.92. The van der Waals surface area contributed by atoms with Gasteiger partial charge < -0.3 is 20.5 Å². The maximum absolute atomic E-state index is 6.31. The summed E-state index contributed by atoms with van der Waals surface area (Å²) in [4.78, 5) is 4.28. The maximum atomic E-state index is 6.31. The lowest BCUT2D eigenvalue weighted by molar-refractivity contribution is -0.150. The van der Waals surface area contributed by atoms with Crippen molar-refractivity contribution < 1.29 is 9.47 Å². The van der Waals surface area contributed by atoms with Crippen LogP contribution >= 0.6 is 0 Å². The number of ether oxygens (including phenoxy) is 2. The largest absolute Gasteiger partial charge is 0.482 e. The molecule has 106 valence electrons. The zero-order valence-corrected chi connectivity index (χ0v) is 11.3. The van der Waals surface area contributed by atoms with Crippen molar-refractivity contribution in [1.82, 2.24) is 5.32 Å². The van der Waals surface area contributed by atoms with Crippen molar-refractivity contribution in [1.29, 1.82) is 0 Å². The lowest BCUT2D eigenvalue weighted by atomic mass is 10.0. The van der Waals surface area contributed by atoms with Gasteiger partial charge in [0.2, 0.25) is 5.79 Å². The second-order valence-corrected chi connectivity index (χ2v) is 5.32. The molecule has 0 saturated carbocycles. The first kappa shape index (κ1) is 13.0. The summed E-state index contributed by atoms with van der Waals surface area (Å²) < 4.78 is 11.3. The Morgan fingerprint density at radius 2 is 2.10 bits per heavy atom. The van der Waals surface area contributed by atoms with Crippen molar-refractivity contribution in [2.45, 2.75) is 18.3 Å². The van der Waals surface area contributed by atoms with E-state index in [1.807, 2.05) is 31.2 Å². The first-order valence-electron chi connectivity index (χ1n) is 6.46. The number of para-hydroxylation sites is 1. The van der Waals surface area contributed by atoms with Gasteiger partial charge in [-0.15, -0.1) is 0 Å². The molecule has 2 heterocycles. The molecule has 20 heavy (non-hydrogen) atoms. The number of amidine groups is 1. The molecule has 1 fully saturated rings. The smallest absolute Gasteiger partial charge is 0.214 e. The van der Waals surface area contributed by atoms with Crippen LogP contribution < -0.4 is 21.5 Å². The predicted octanol–water partition coefficient (Wildman–Crippen LogP) is 0.397.